The van der Waals surface area contributed by atoms with Crippen LogP contribution in [-0.4, -0.2) is 15.9 Å². The van der Waals surface area contributed by atoms with E-state index in [2.05, 4.69) is 102 Å². The van der Waals surface area contributed by atoms with Gasteiger partial charge in [-0.2, -0.15) is 5.26 Å². The Bertz CT molecular complexity index is 2010. The molecule has 50 heavy (non-hydrogen) atoms. The Labute approximate surface area is 317 Å². The fourth-order valence-corrected chi connectivity index (χ4v) is 7.88. The molecule has 0 saturated heterocycles. The molecular formula is C44H53IrN2O2S-. The van der Waals surface area contributed by atoms with Crippen molar-refractivity contribution in [2.45, 2.75) is 107 Å². The number of carbonyl (C=O) groups is 1. The molecule has 0 bridgehead atoms. The first-order valence-electron chi connectivity index (χ1n) is 17.8. The average molecular weight is 866 g/mol. The van der Waals surface area contributed by atoms with Crippen LogP contribution in [0.3, 0.4) is 0 Å². The summed E-state index contributed by atoms with van der Waals surface area (Å²) in [5.41, 5.74) is 5.33. The summed E-state index contributed by atoms with van der Waals surface area (Å²) in [5.74, 6) is 0.547. The van der Waals surface area contributed by atoms with Crippen LogP contribution in [0.2, 0.25) is 0 Å². The molecule has 0 fully saturated rings. The molecule has 0 aliphatic rings. The Balaban J connectivity index is 0.000000361. The summed E-state index contributed by atoms with van der Waals surface area (Å²) in [6.45, 7) is 21.6. The molecule has 1 radical (unpaired) electrons. The van der Waals surface area contributed by atoms with Crippen LogP contribution in [0.25, 0.3) is 42.2 Å². The first-order valence-corrected chi connectivity index (χ1v) is 18.6. The van der Waals surface area contributed by atoms with Crippen LogP contribution in [0.5, 0.6) is 0 Å². The van der Waals surface area contributed by atoms with Crippen molar-refractivity contribution in [3.63, 3.8) is 0 Å². The third-order valence-electron chi connectivity index (χ3n) is 9.34. The third kappa shape index (κ3) is 9.49. The van der Waals surface area contributed by atoms with Gasteiger partial charge in [-0.3, -0.25) is 9.78 Å². The molecule has 0 amide bonds. The van der Waals surface area contributed by atoms with Gasteiger partial charge in [0.15, 0.2) is 5.78 Å². The number of thiophene rings is 1. The number of aliphatic hydroxyl groups excluding tert-OH is 1. The number of benzene rings is 3. The number of aromatic nitrogens is 1. The zero-order valence-corrected chi connectivity index (χ0v) is 34.7. The summed E-state index contributed by atoms with van der Waals surface area (Å²) in [7, 11) is 0. The normalized spacial score (nSPS) is 12.3. The van der Waals surface area contributed by atoms with Crippen LogP contribution in [-0.2, 0) is 36.7 Å². The monoisotopic (exact) mass is 866 g/mol. The van der Waals surface area contributed by atoms with Crippen molar-refractivity contribution in [1.82, 2.24) is 4.98 Å². The van der Waals surface area contributed by atoms with Gasteiger partial charge in [-0.05, 0) is 54.6 Å². The first-order chi connectivity index (χ1) is 23.1. The number of aliphatic hydroxyl groups is 1. The summed E-state index contributed by atoms with van der Waals surface area (Å²) in [6.07, 6.45) is 7.65. The van der Waals surface area contributed by atoms with E-state index in [1.54, 1.807) is 17.5 Å². The number of ketones is 1. The van der Waals surface area contributed by atoms with Crippen molar-refractivity contribution in [3.8, 4) is 17.3 Å². The van der Waals surface area contributed by atoms with Gasteiger partial charge >= 0.3 is 0 Å². The van der Waals surface area contributed by atoms with Gasteiger partial charge in [0.1, 0.15) is 6.07 Å². The number of nitrogens with zero attached hydrogens (tertiary/aromatic N) is 2. The summed E-state index contributed by atoms with van der Waals surface area (Å²) in [4.78, 5) is 16.5. The molecule has 0 unspecified atom stereocenters. The van der Waals surface area contributed by atoms with Gasteiger partial charge in [0.25, 0.3) is 0 Å². The summed E-state index contributed by atoms with van der Waals surface area (Å²) in [6, 6.07) is 23.4. The van der Waals surface area contributed by atoms with E-state index in [4.69, 9.17) is 4.98 Å². The molecule has 1 N–H and O–H groups in total. The number of rotatable bonds is 9. The number of allylic oxidation sites excluding steroid dienone is 2. The van der Waals surface area contributed by atoms with Crippen LogP contribution in [0.4, 0.5) is 0 Å². The summed E-state index contributed by atoms with van der Waals surface area (Å²) in [5, 5.41) is 24.1. The van der Waals surface area contributed by atoms with E-state index in [1.807, 2.05) is 27.7 Å². The number of nitriles is 1. The SMILES string of the molecule is CC(C)(C)Cc1ccc2c(c1)sc1c(-c3[c-]c4ccccc4c(C(C)(C)C)c3)ncc(C#N)c12.CCC(CC)C(=O)/C=C(\O)C(CC)CC.[Ir]. The molecule has 267 valence electrons. The van der Waals surface area contributed by atoms with E-state index in [-0.39, 0.29) is 54.3 Å². The van der Waals surface area contributed by atoms with Gasteiger partial charge < -0.3 is 5.11 Å². The molecule has 3 aromatic carbocycles. The Morgan fingerprint density at radius 2 is 1.58 bits per heavy atom. The van der Waals surface area contributed by atoms with Crippen molar-refractivity contribution < 1.29 is 30.0 Å². The average Bonchev–Trinajstić information content (AvgIpc) is 3.43. The van der Waals surface area contributed by atoms with Crippen molar-refractivity contribution in [3.05, 3.63) is 89.3 Å². The molecule has 0 atom stereocenters. The van der Waals surface area contributed by atoms with E-state index in [9.17, 15) is 15.2 Å². The fourth-order valence-electron chi connectivity index (χ4n) is 6.58. The molecule has 2 aromatic heterocycles. The minimum absolute atomic E-state index is 0. The van der Waals surface area contributed by atoms with Gasteiger partial charge in [-0.25, -0.2) is 0 Å². The van der Waals surface area contributed by atoms with Crippen LogP contribution < -0.4 is 0 Å². The smallest absolute Gasteiger partial charge is 0.162 e. The largest absolute Gasteiger partial charge is 0.512 e. The fraction of sp³-hybridized carbons (Fsp3) is 0.432. The maximum Gasteiger partial charge on any atom is 0.162 e. The van der Waals surface area contributed by atoms with E-state index in [0.717, 1.165) is 64.2 Å². The number of pyridine rings is 1. The number of carbonyl (C=O) groups excluding carboxylic acids is 1. The molecule has 2 heterocycles. The quantitative estimate of drug-likeness (QED) is 0.0910. The van der Waals surface area contributed by atoms with Gasteiger partial charge in [-0.1, -0.05) is 111 Å². The second-order valence-corrected chi connectivity index (χ2v) is 16.4. The molecule has 5 rings (SSSR count). The Morgan fingerprint density at radius 1 is 0.940 bits per heavy atom. The van der Waals surface area contributed by atoms with Gasteiger partial charge in [0.05, 0.1) is 11.3 Å². The van der Waals surface area contributed by atoms with Crippen molar-refractivity contribution in [2.24, 2.45) is 17.3 Å². The molecule has 5 aromatic rings. The third-order valence-corrected chi connectivity index (χ3v) is 10.5. The Kier molecular flexibility index (Phi) is 14.2. The zero-order valence-electron chi connectivity index (χ0n) is 31.5. The predicted molar refractivity (Wildman–Crippen MR) is 209 cm³/mol. The van der Waals surface area contributed by atoms with Crippen LogP contribution in [0.1, 0.15) is 112 Å². The van der Waals surface area contributed by atoms with Crippen molar-refractivity contribution >= 4 is 48.1 Å². The molecule has 0 aliphatic carbocycles. The van der Waals surface area contributed by atoms with Gasteiger partial charge in [-0.15, -0.1) is 40.5 Å². The van der Waals surface area contributed by atoms with Gasteiger partial charge in [0.2, 0.25) is 0 Å². The van der Waals surface area contributed by atoms with Gasteiger partial charge in [0, 0.05) is 70.1 Å². The van der Waals surface area contributed by atoms with Crippen LogP contribution in [0, 0.1) is 34.6 Å². The minimum Gasteiger partial charge on any atom is -0.512 e. The van der Waals surface area contributed by atoms with E-state index in [1.165, 1.54) is 27.3 Å². The Morgan fingerprint density at radius 3 is 2.16 bits per heavy atom. The van der Waals surface area contributed by atoms with E-state index in [0.29, 0.717) is 5.56 Å². The first kappa shape index (κ1) is 41.1. The van der Waals surface area contributed by atoms with Crippen molar-refractivity contribution in [2.75, 3.05) is 0 Å². The molecule has 6 heteroatoms. The Hall–Kier alpha value is -3.36. The molecule has 0 aliphatic heterocycles. The molecule has 0 spiro atoms. The van der Waals surface area contributed by atoms with Crippen LogP contribution >= 0.6 is 11.3 Å². The maximum atomic E-state index is 11.7. The second-order valence-electron chi connectivity index (χ2n) is 15.4. The number of fused-ring (bicyclic) bond motifs is 4. The predicted octanol–water partition coefficient (Wildman–Crippen LogP) is 12.7. The molecular weight excluding hydrogens is 813 g/mol. The van der Waals surface area contributed by atoms with Crippen molar-refractivity contribution in [1.29, 1.82) is 5.26 Å². The minimum atomic E-state index is -0.0167. The number of hydrogen-bond donors (Lipinski definition) is 1. The van der Waals surface area contributed by atoms with E-state index >= 15 is 0 Å². The molecule has 0 saturated carbocycles. The second kappa shape index (κ2) is 17.2. The van der Waals surface area contributed by atoms with E-state index < -0.39 is 0 Å². The number of hydrogen-bond acceptors (Lipinski definition) is 5. The topological polar surface area (TPSA) is 74.0 Å². The maximum absolute atomic E-state index is 11.7. The van der Waals surface area contributed by atoms with Crippen LogP contribution in [0.15, 0.2) is 66.6 Å². The summed E-state index contributed by atoms with van der Waals surface area (Å²) < 4.78 is 2.27. The standard InChI is InChI=1S/C31H29N2S.C13H24O2.Ir/c1-30(2,3)16-19-11-12-24-26(13-19)34-29-27(24)22(17-32)18-33-28(29)21-14-20-9-7-8-10-23(20)25(15-21)31(4,5)6;1-5-10(6-2)12(14)9-13(15)11(7-3)8-4;/h7-13,15,18H,16H2,1-6H3;9-11,14H,5-8H2,1-4H3;/q-1;;/b;12-9-;. The summed E-state index contributed by atoms with van der Waals surface area (Å²) >= 11 is 1.74. The molecule has 4 nitrogen and oxygen atoms in total. The zero-order chi connectivity index (χ0) is 36.1.